The van der Waals surface area contributed by atoms with Crippen molar-refractivity contribution >= 4 is 39.5 Å². The van der Waals surface area contributed by atoms with Crippen LogP contribution in [0.2, 0.25) is 0 Å². The molecule has 0 spiro atoms. The highest BCUT2D eigenvalue weighted by Gasteiger charge is 2.30. The lowest BCUT2D eigenvalue weighted by atomic mass is 10.0. The van der Waals surface area contributed by atoms with E-state index in [0.717, 1.165) is 95.8 Å². The predicted octanol–water partition coefficient (Wildman–Crippen LogP) is 25.6. The summed E-state index contributed by atoms with van der Waals surface area (Å²) in [6.07, 6.45) is 69.6. The molecule has 612 valence electrons. The van der Waals surface area contributed by atoms with Crippen molar-refractivity contribution in [2.45, 2.75) is 470 Å². The van der Waals surface area contributed by atoms with Crippen molar-refractivity contribution < 1.29 is 80.2 Å². The number of phosphoric ester groups is 2. The van der Waals surface area contributed by atoms with Gasteiger partial charge in [0.25, 0.3) is 0 Å². The predicted molar refractivity (Wildman–Crippen MR) is 423 cm³/mol. The van der Waals surface area contributed by atoms with Gasteiger partial charge in [-0.2, -0.15) is 0 Å². The maximum Gasteiger partial charge on any atom is 0.472 e. The van der Waals surface area contributed by atoms with Crippen LogP contribution in [0.1, 0.15) is 452 Å². The molecule has 2 unspecified atom stereocenters. The molecule has 19 heteroatoms. The second-order valence-electron chi connectivity index (χ2n) is 30.7. The smallest absolute Gasteiger partial charge is 0.462 e. The first-order valence-electron chi connectivity index (χ1n) is 43.6. The van der Waals surface area contributed by atoms with E-state index < -0.39 is 97.5 Å². The van der Waals surface area contributed by atoms with Gasteiger partial charge in [0.05, 0.1) is 26.4 Å². The molecule has 0 aliphatic heterocycles. The highest BCUT2D eigenvalue weighted by molar-refractivity contribution is 7.47. The lowest BCUT2D eigenvalue weighted by Crippen LogP contribution is -2.30. The number of unbranched alkanes of at least 4 members (excludes halogenated alkanes) is 56. The lowest BCUT2D eigenvalue weighted by Gasteiger charge is -2.21. The Morgan fingerprint density at radius 2 is 0.447 bits per heavy atom. The summed E-state index contributed by atoms with van der Waals surface area (Å²) in [5.41, 5.74) is 0. The number of hydrogen-bond donors (Lipinski definition) is 3. The molecule has 0 aromatic carbocycles. The van der Waals surface area contributed by atoms with Gasteiger partial charge in [0.2, 0.25) is 0 Å². The van der Waals surface area contributed by atoms with Gasteiger partial charge in [0.15, 0.2) is 12.2 Å². The first-order valence-corrected chi connectivity index (χ1v) is 46.6. The number of carbonyl (C=O) groups is 4. The second kappa shape index (κ2) is 76.8. The number of rotatable bonds is 84. The number of carbonyl (C=O) groups excluding carboxylic acids is 4. The summed E-state index contributed by atoms with van der Waals surface area (Å²) >= 11 is 0. The zero-order valence-electron chi connectivity index (χ0n) is 67.5. The topological polar surface area (TPSA) is 237 Å². The Kier molecular flexibility index (Phi) is 75.4. The quantitative estimate of drug-likeness (QED) is 0.0222. The zero-order valence-corrected chi connectivity index (χ0v) is 69.3. The molecule has 0 saturated heterocycles. The van der Waals surface area contributed by atoms with Crippen molar-refractivity contribution in [2.24, 2.45) is 5.92 Å². The monoisotopic (exact) mass is 1510 g/mol. The van der Waals surface area contributed by atoms with E-state index in [4.69, 9.17) is 37.0 Å². The molecule has 17 nitrogen and oxygen atoms in total. The van der Waals surface area contributed by atoms with Gasteiger partial charge in [-0.25, -0.2) is 9.13 Å². The van der Waals surface area contributed by atoms with Crippen molar-refractivity contribution in [3.8, 4) is 0 Å². The standard InChI is InChI=1S/C84H164O17P2/c1-6-9-12-15-18-21-23-24-25-26-27-28-29-30-35-38-41-45-50-55-60-65-70-84(89)101-80(74-95-82(87)68-63-58-53-48-44-40-37-34-32-31-33-36-39-43-47-51-56-61-66-77(4)5)76-99-103(92,93)97-72-78(85)71-96-102(90,91)98-75-79(73-94-81(86)67-62-57-52-46-20-17-14-11-8-3)100-83(88)69-64-59-54-49-42-22-19-16-13-10-7-2/h77-80,85H,6-76H2,1-5H3,(H,90,91)(H,92,93)/t78-,79+,80+/m0/s1. The van der Waals surface area contributed by atoms with Crippen LogP contribution in [0.3, 0.4) is 0 Å². The van der Waals surface area contributed by atoms with E-state index in [-0.39, 0.29) is 25.7 Å². The van der Waals surface area contributed by atoms with Crippen LogP contribution in [-0.2, 0) is 65.4 Å². The third-order valence-corrected chi connectivity index (χ3v) is 21.7. The van der Waals surface area contributed by atoms with E-state index in [1.807, 2.05) is 0 Å². The number of phosphoric acid groups is 2. The Morgan fingerprint density at radius 3 is 0.660 bits per heavy atom. The highest BCUT2D eigenvalue weighted by Crippen LogP contribution is 2.45. The molecule has 0 aliphatic rings. The second-order valence-corrected chi connectivity index (χ2v) is 33.6. The van der Waals surface area contributed by atoms with E-state index in [1.165, 1.54) is 276 Å². The molecule has 3 N–H and O–H groups in total. The Morgan fingerprint density at radius 1 is 0.262 bits per heavy atom. The number of hydrogen-bond acceptors (Lipinski definition) is 15. The highest BCUT2D eigenvalue weighted by atomic mass is 31.2. The Labute approximate surface area is 632 Å². The molecule has 0 heterocycles. The van der Waals surface area contributed by atoms with E-state index in [2.05, 4.69) is 34.6 Å². The number of aliphatic hydroxyl groups excluding tert-OH is 1. The summed E-state index contributed by atoms with van der Waals surface area (Å²) < 4.78 is 68.7. The normalized spacial score (nSPS) is 13.8. The van der Waals surface area contributed by atoms with Crippen LogP contribution in [0.25, 0.3) is 0 Å². The van der Waals surface area contributed by atoms with Crippen LogP contribution >= 0.6 is 15.6 Å². The van der Waals surface area contributed by atoms with Crippen molar-refractivity contribution in [3.05, 3.63) is 0 Å². The van der Waals surface area contributed by atoms with Crippen LogP contribution in [0.4, 0.5) is 0 Å². The number of esters is 4. The first-order chi connectivity index (χ1) is 50.0. The minimum atomic E-state index is -4.96. The van der Waals surface area contributed by atoms with Gasteiger partial charge in [-0.05, 0) is 31.6 Å². The van der Waals surface area contributed by atoms with E-state index in [0.29, 0.717) is 25.7 Å². The summed E-state index contributed by atoms with van der Waals surface area (Å²) in [6.45, 7) is 7.36. The van der Waals surface area contributed by atoms with Gasteiger partial charge in [-0.1, -0.05) is 401 Å². The third kappa shape index (κ3) is 78.0. The fourth-order valence-electron chi connectivity index (χ4n) is 13.1. The maximum absolute atomic E-state index is 13.1. The molecule has 0 bridgehead atoms. The Bertz CT molecular complexity index is 1960. The minimum absolute atomic E-state index is 0.107. The molecule has 0 radical (unpaired) electrons. The zero-order chi connectivity index (χ0) is 75.5. The summed E-state index contributed by atoms with van der Waals surface area (Å²) in [5, 5.41) is 10.6. The van der Waals surface area contributed by atoms with Gasteiger partial charge >= 0.3 is 39.5 Å². The average Bonchev–Trinajstić information content (AvgIpc) is 0.911. The SMILES string of the molecule is CCCCCCCCCCCCCCCCCCCCCCCCC(=O)O[C@H](COC(=O)CCCCCCCCCCCCCCCCCCCCC(C)C)COP(=O)(O)OC[C@@H](O)COP(=O)(O)OC[C@@H](COC(=O)CCCCCCCCCCC)OC(=O)CCCCCCCCCCCCC. The average molecular weight is 1510 g/mol. The van der Waals surface area contributed by atoms with Gasteiger partial charge in [-0.15, -0.1) is 0 Å². The third-order valence-electron chi connectivity index (χ3n) is 19.8. The molecule has 103 heavy (non-hydrogen) atoms. The number of ether oxygens (including phenoxy) is 4. The molecule has 0 amide bonds. The van der Waals surface area contributed by atoms with Crippen LogP contribution in [0.15, 0.2) is 0 Å². The van der Waals surface area contributed by atoms with E-state index >= 15 is 0 Å². The van der Waals surface area contributed by atoms with Gasteiger partial charge < -0.3 is 33.8 Å². The lowest BCUT2D eigenvalue weighted by molar-refractivity contribution is -0.161. The van der Waals surface area contributed by atoms with Crippen molar-refractivity contribution in [3.63, 3.8) is 0 Å². The Hall–Kier alpha value is -1.94. The molecular weight excluding hydrogens is 1340 g/mol. The summed E-state index contributed by atoms with van der Waals surface area (Å²) in [7, 11) is -9.92. The molecule has 0 fully saturated rings. The molecular formula is C84H164O17P2. The van der Waals surface area contributed by atoms with Crippen LogP contribution in [0.5, 0.6) is 0 Å². The van der Waals surface area contributed by atoms with Crippen molar-refractivity contribution in [2.75, 3.05) is 39.6 Å². The largest absolute Gasteiger partial charge is 0.472 e. The van der Waals surface area contributed by atoms with E-state index in [9.17, 15) is 43.2 Å². The fraction of sp³-hybridized carbons (Fsp3) is 0.952. The van der Waals surface area contributed by atoms with Gasteiger partial charge in [0.1, 0.15) is 19.3 Å². The summed E-state index contributed by atoms with van der Waals surface area (Å²) in [4.78, 5) is 73.0. The summed E-state index contributed by atoms with van der Waals surface area (Å²) in [6, 6.07) is 0. The van der Waals surface area contributed by atoms with Crippen LogP contribution < -0.4 is 0 Å². The Balaban J connectivity index is 5.16. The maximum atomic E-state index is 13.1. The van der Waals surface area contributed by atoms with E-state index in [1.54, 1.807) is 0 Å². The van der Waals surface area contributed by atoms with Crippen LogP contribution in [0, 0.1) is 5.92 Å². The van der Waals surface area contributed by atoms with Crippen molar-refractivity contribution in [1.82, 2.24) is 0 Å². The molecule has 0 rings (SSSR count). The minimum Gasteiger partial charge on any atom is -0.462 e. The van der Waals surface area contributed by atoms with Gasteiger partial charge in [-0.3, -0.25) is 37.3 Å². The van der Waals surface area contributed by atoms with Crippen molar-refractivity contribution in [1.29, 1.82) is 0 Å². The molecule has 0 aromatic rings. The van der Waals surface area contributed by atoms with Crippen LogP contribution in [-0.4, -0.2) is 96.7 Å². The number of aliphatic hydroxyl groups is 1. The molecule has 0 aliphatic carbocycles. The summed E-state index contributed by atoms with van der Waals surface area (Å²) in [5.74, 6) is -1.28. The first kappa shape index (κ1) is 101. The fourth-order valence-corrected chi connectivity index (χ4v) is 14.7. The molecule has 0 saturated carbocycles. The molecule has 0 aromatic heterocycles. The van der Waals surface area contributed by atoms with Gasteiger partial charge in [0, 0.05) is 25.7 Å². The molecule has 5 atom stereocenters.